The fourth-order valence-corrected chi connectivity index (χ4v) is 3.55. The quantitative estimate of drug-likeness (QED) is 0.824. The van der Waals surface area contributed by atoms with Crippen molar-refractivity contribution < 1.29 is 4.79 Å². The molecule has 1 heterocycles. The molecule has 1 aliphatic heterocycles. The molecule has 20 heavy (non-hydrogen) atoms. The summed E-state index contributed by atoms with van der Waals surface area (Å²) in [6, 6.07) is 7.40. The van der Waals surface area contributed by atoms with Crippen molar-refractivity contribution in [3.63, 3.8) is 0 Å². The van der Waals surface area contributed by atoms with E-state index in [2.05, 4.69) is 11.9 Å². The van der Waals surface area contributed by atoms with E-state index in [-0.39, 0.29) is 11.8 Å². The third-order valence-electron chi connectivity index (χ3n) is 3.75. The Kier molecular flexibility index (Phi) is 4.03. The average molecular weight is 309 g/mol. The van der Waals surface area contributed by atoms with Crippen molar-refractivity contribution in [2.24, 2.45) is 10.9 Å². The first-order valence-electron chi connectivity index (χ1n) is 6.96. The molecule has 3 nitrogen and oxygen atoms in total. The first kappa shape index (κ1) is 14.0. The Morgan fingerprint density at radius 1 is 1.35 bits per heavy atom. The molecule has 0 aromatic heterocycles. The van der Waals surface area contributed by atoms with Crippen molar-refractivity contribution in [3.8, 4) is 0 Å². The molecular weight excluding hydrogens is 292 g/mol. The van der Waals surface area contributed by atoms with E-state index in [4.69, 9.17) is 11.6 Å². The summed E-state index contributed by atoms with van der Waals surface area (Å²) in [6.45, 7) is 2.91. The van der Waals surface area contributed by atoms with Crippen LogP contribution in [-0.2, 0) is 4.79 Å². The minimum Gasteiger partial charge on any atom is -0.290 e. The van der Waals surface area contributed by atoms with Gasteiger partial charge in [-0.1, -0.05) is 36.7 Å². The first-order valence-corrected chi connectivity index (χ1v) is 8.21. The van der Waals surface area contributed by atoms with Crippen LogP contribution < -0.4 is 0 Å². The van der Waals surface area contributed by atoms with E-state index < -0.39 is 0 Å². The molecule has 2 aliphatic rings. The van der Waals surface area contributed by atoms with E-state index in [1.807, 2.05) is 29.2 Å². The summed E-state index contributed by atoms with van der Waals surface area (Å²) in [7, 11) is 0. The third-order valence-corrected chi connectivity index (χ3v) is 5.07. The molecule has 0 N–H and O–H groups in total. The Bertz CT molecular complexity index is 539. The zero-order chi connectivity index (χ0) is 14.1. The zero-order valence-electron chi connectivity index (χ0n) is 11.4. The van der Waals surface area contributed by atoms with E-state index in [9.17, 15) is 4.79 Å². The Balaban J connectivity index is 1.81. The average Bonchev–Trinajstić information content (AvgIpc) is 2.71. The number of carbonyl (C=O) groups is 1. The maximum Gasteiger partial charge on any atom is 0.231 e. The lowest BCUT2D eigenvalue weighted by atomic mass is 9.84. The molecule has 1 aromatic rings. The number of thioether (sulfide) groups is 1. The minimum absolute atomic E-state index is 0.219. The van der Waals surface area contributed by atoms with Crippen molar-refractivity contribution in [3.05, 3.63) is 29.3 Å². The molecular formula is C15H17ClN2OS. The predicted molar refractivity (Wildman–Crippen MR) is 84.7 cm³/mol. The van der Waals surface area contributed by atoms with Gasteiger partial charge in [-0.05, 0) is 37.1 Å². The number of amides is 1. The molecule has 3 rings (SSSR count). The summed E-state index contributed by atoms with van der Waals surface area (Å²) in [4.78, 5) is 18.9. The van der Waals surface area contributed by atoms with E-state index >= 15 is 0 Å². The van der Waals surface area contributed by atoms with Gasteiger partial charge in [0.05, 0.1) is 5.69 Å². The SMILES string of the molecule is C[C@H]1CN(C(=O)C2CCC2)C(=Nc2ccc(Cl)cc2)S1. The molecule has 1 amide bonds. The highest BCUT2D eigenvalue weighted by atomic mass is 35.5. The van der Waals surface area contributed by atoms with Gasteiger partial charge in [0, 0.05) is 22.7 Å². The van der Waals surface area contributed by atoms with Gasteiger partial charge in [-0.3, -0.25) is 9.69 Å². The summed E-state index contributed by atoms with van der Waals surface area (Å²) in [5.41, 5.74) is 0.845. The molecule has 0 spiro atoms. The lowest BCUT2D eigenvalue weighted by Crippen LogP contribution is -2.39. The van der Waals surface area contributed by atoms with Gasteiger partial charge in [-0.15, -0.1) is 0 Å². The summed E-state index contributed by atoms with van der Waals surface area (Å²) < 4.78 is 0. The van der Waals surface area contributed by atoms with Crippen molar-refractivity contribution >= 4 is 40.1 Å². The van der Waals surface area contributed by atoms with Crippen molar-refractivity contribution in [1.29, 1.82) is 0 Å². The number of rotatable bonds is 2. The molecule has 2 fully saturated rings. The minimum atomic E-state index is 0.219. The van der Waals surface area contributed by atoms with Crippen LogP contribution in [0, 0.1) is 5.92 Å². The van der Waals surface area contributed by atoms with Crippen LogP contribution >= 0.6 is 23.4 Å². The van der Waals surface area contributed by atoms with Gasteiger partial charge in [0.25, 0.3) is 0 Å². The fourth-order valence-electron chi connectivity index (χ4n) is 2.39. The Morgan fingerprint density at radius 3 is 2.65 bits per heavy atom. The summed E-state index contributed by atoms with van der Waals surface area (Å²) in [5, 5.41) is 1.94. The van der Waals surface area contributed by atoms with Gasteiger partial charge in [0.2, 0.25) is 5.91 Å². The number of hydrogen-bond donors (Lipinski definition) is 0. The Hall–Kier alpha value is -1.000. The van der Waals surface area contributed by atoms with Crippen LogP contribution in [0.15, 0.2) is 29.3 Å². The van der Waals surface area contributed by atoms with Crippen molar-refractivity contribution in [1.82, 2.24) is 4.90 Å². The predicted octanol–water partition coefficient (Wildman–Crippen LogP) is 4.09. The Labute approximate surface area is 128 Å². The van der Waals surface area contributed by atoms with Gasteiger partial charge < -0.3 is 0 Å². The third kappa shape index (κ3) is 2.86. The van der Waals surface area contributed by atoms with E-state index in [0.717, 1.165) is 30.2 Å². The van der Waals surface area contributed by atoms with Gasteiger partial charge in [-0.2, -0.15) is 0 Å². The lowest BCUT2D eigenvalue weighted by Gasteiger charge is -2.28. The van der Waals surface area contributed by atoms with Gasteiger partial charge in [0.1, 0.15) is 0 Å². The highest BCUT2D eigenvalue weighted by Crippen LogP contribution is 2.34. The smallest absolute Gasteiger partial charge is 0.231 e. The van der Waals surface area contributed by atoms with Gasteiger partial charge >= 0.3 is 0 Å². The number of benzene rings is 1. The summed E-state index contributed by atoms with van der Waals surface area (Å²) in [5.74, 6) is 0.470. The molecule has 106 valence electrons. The second-order valence-electron chi connectivity index (χ2n) is 5.38. The summed E-state index contributed by atoms with van der Waals surface area (Å²) >= 11 is 7.56. The second-order valence-corrected chi connectivity index (χ2v) is 7.22. The molecule has 0 unspecified atom stereocenters. The van der Waals surface area contributed by atoms with Crippen LogP contribution in [0.5, 0.6) is 0 Å². The zero-order valence-corrected chi connectivity index (χ0v) is 13.0. The van der Waals surface area contributed by atoms with Gasteiger partial charge in [0.15, 0.2) is 5.17 Å². The summed E-state index contributed by atoms with van der Waals surface area (Å²) in [6.07, 6.45) is 3.24. The molecule has 1 aromatic carbocycles. The molecule has 0 radical (unpaired) electrons. The van der Waals surface area contributed by atoms with Crippen LogP contribution in [0.3, 0.4) is 0 Å². The molecule has 1 saturated carbocycles. The maximum atomic E-state index is 12.4. The first-order chi connectivity index (χ1) is 9.63. The van der Waals surface area contributed by atoms with Crippen LogP contribution in [0.4, 0.5) is 5.69 Å². The van der Waals surface area contributed by atoms with E-state index in [0.29, 0.717) is 10.3 Å². The van der Waals surface area contributed by atoms with Gasteiger partial charge in [-0.25, -0.2) is 4.99 Å². The number of halogens is 1. The number of carbonyl (C=O) groups excluding carboxylic acids is 1. The molecule has 1 aliphatic carbocycles. The van der Waals surface area contributed by atoms with Crippen LogP contribution in [0.2, 0.25) is 5.02 Å². The maximum absolute atomic E-state index is 12.4. The number of amidine groups is 1. The molecule has 5 heteroatoms. The Morgan fingerprint density at radius 2 is 2.05 bits per heavy atom. The van der Waals surface area contributed by atoms with E-state index in [1.54, 1.807) is 11.8 Å². The topological polar surface area (TPSA) is 32.7 Å². The number of aliphatic imine (C=N–C) groups is 1. The number of hydrogen-bond acceptors (Lipinski definition) is 3. The fraction of sp³-hybridized carbons (Fsp3) is 0.467. The van der Waals surface area contributed by atoms with E-state index in [1.165, 1.54) is 6.42 Å². The largest absolute Gasteiger partial charge is 0.290 e. The standard InChI is InChI=1S/C15H17ClN2OS/c1-10-9-18(14(19)11-3-2-4-11)15(20-10)17-13-7-5-12(16)6-8-13/h5-8,10-11H,2-4,9H2,1H3/t10-/m0/s1. The van der Waals surface area contributed by atoms with Crippen LogP contribution in [0.25, 0.3) is 0 Å². The highest BCUT2D eigenvalue weighted by molar-refractivity contribution is 8.14. The molecule has 0 bridgehead atoms. The monoisotopic (exact) mass is 308 g/mol. The second kappa shape index (κ2) is 5.78. The highest BCUT2D eigenvalue weighted by Gasteiger charge is 2.36. The normalized spacial score (nSPS) is 25.0. The van der Waals surface area contributed by atoms with Crippen molar-refractivity contribution in [2.45, 2.75) is 31.4 Å². The molecule has 1 atom stereocenters. The van der Waals surface area contributed by atoms with Crippen molar-refractivity contribution in [2.75, 3.05) is 6.54 Å². The van der Waals surface area contributed by atoms with Crippen LogP contribution in [0.1, 0.15) is 26.2 Å². The number of nitrogens with zero attached hydrogens (tertiary/aromatic N) is 2. The van der Waals surface area contributed by atoms with Crippen LogP contribution in [-0.4, -0.2) is 27.8 Å². The lowest BCUT2D eigenvalue weighted by molar-refractivity contribution is -0.133. The molecule has 1 saturated heterocycles.